The summed E-state index contributed by atoms with van der Waals surface area (Å²) in [6, 6.07) is 20.9. The van der Waals surface area contributed by atoms with Crippen LogP contribution in [0.5, 0.6) is 0 Å². The molecule has 1 aliphatic heterocycles. The third kappa shape index (κ3) is 3.59. The number of aliphatic hydroxyl groups excluding tert-OH is 1. The molecular weight excluding hydrogens is 382 g/mol. The summed E-state index contributed by atoms with van der Waals surface area (Å²) < 4.78 is 0. The van der Waals surface area contributed by atoms with Gasteiger partial charge in [0, 0.05) is 40.2 Å². The number of nitro groups is 1. The van der Waals surface area contributed by atoms with Crippen molar-refractivity contribution in [1.29, 1.82) is 5.41 Å². The monoisotopic (exact) mass is 401 g/mol. The molecule has 3 aromatic carbocycles. The number of nitrogens with two attached hydrogens (primary N) is 1. The fourth-order valence-electron chi connectivity index (χ4n) is 3.44. The van der Waals surface area contributed by atoms with Crippen LogP contribution in [0.2, 0.25) is 0 Å². The van der Waals surface area contributed by atoms with E-state index in [4.69, 9.17) is 11.1 Å². The second-order valence-corrected chi connectivity index (χ2v) is 6.81. The second-order valence-electron chi connectivity index (χ2n) is 6.81. The van der Waals surface area contributed by atoms with E-state index in [1.807, 2.05) is 36.4 Å². The number of anilines is 2. The number of nitrogens with one attached hydrogen (secondary N) is 3. The van der Waals surface area contributed by atoms with E-state index in [2.05, 4.69) is 10.6 Å². The molecule has 3 aromatic rings. The van der Waals surface area contributed by atoms with Gasteiger partial charge in [-0.1, -0.05) is 42.5 Å². The molecule has 0 aromatic heterocycles. The van der Waals surface area contributed by atoms with Crippen LogP contribution in [0.3, 0.4) is 0 Å². The molecule has 0 bridgehead atoms. The molecule has 4 rings (SSSR count). The van der Waals surface area contributed by atoms with E-state index in [1.165, 1.54) is 12.1 Å². The lowest BCUT2D eigenvalue weighted by atomic mass is 9.99. The quantitative estimate of drug-likeness (QED) is 0.192. The largest absolute Gasteiger partial charge is 0.384 e. The zero-order valence-electron chi connectivity index (χ0n) is 15.8. The van der Waals surface area contributed by atoms with Crippen molar-refractivity contribution in [1.82, 2.24) is 0 Å². The lowest BCUT2D eigenvalue weighted by molar-refractivity contribution is -0.384. The summed E-state index contributed by atoms with van der Waals surface area (Å²) in [5.74, 6) is -0.0592. The zero-order chi connectivity index (χ0) is 21.3. The number of hydrogen-bond donors (Lipinski definition) is 5. The second kappa shape index (κ2) is 7.69. The van der Waals surface area contributed by atoms with Gasteiger partial charge in [0.05, 0.1) is 10.6 Å². The Morgan fingerprint density at radius 2 is 1.80 bits per heavy atom. The molecule has 8 heteroatoms. The Morgan fingerprint density at radius 1 is 1.07 bits per heavy atom. The van der Waals surface area contributed by atoms with Crippen molar-refractivity contribution in [3.63, 3.8) is 0 Å². The standard InChI is InChI=1S/C22H19N5O3/c23-21(24)14-7-4-8-15(11-14)25-20(13-5-2-1-3-6-13)19-17-12-16(27(29)30)9-10-18(17)26-22(19)28/h1-12,22,25-26,28H,(H3,23,24)/b20-19-. The lowest BCUT2D eigenvalue weighted by Crippen LogP contribution is -2.16. The molecule has 0 spiro atoms. The number of rotatable bonds is 5. The van der Waals surface area contributed by atoms with Gasteiger partial charge >= 0.3 is 0 Å². The third-order valence-electron chi connectivity index (χ3n) is 4.84. The first kappa shape index (κ1) is 19.2. The van der Waals surface area contributed by atoms with Gasteiger partial charge in [-0.3, -0.25) is 15.5 Å². The van der Waals surface area contributed by atoms with Gasteiger partial charge in [-0.15, -0.1) is 0 Å². The number of benzene rings is 3. The van der Waals surface area contributed by atoms with E-state index in [1.54, 1.807) is 24.3 Å². The number of hydrogen-bond acceptors (Lipinski definition) is 6. The van der Waals surface area contributed by atoms with Crippen LogP contribution in [0.1, 0.15) is 16.7 Å². The smallest absolute Gasteiger partial charge is 0.270 e. The highest BCUT2D eigenvalue weighted by molar-refractivity contribution is 6.04. The first-order chi connectivity index (χ1) is 14.4. The molecule has 0 aliphatic carbocycles. The number of nitrogens with zero attached hydrogens (tertiary/aromatic N) is 1. The molecule has 0 saturated heterocycles. The first-order valence-corrected chi connectivity index (χ1v) is 9.18. The van der Waals surface area contributed by atoms with E-state index < -0.39 is 11.2 Å². The van der Waals surface area contributed by atoms with E-state index in [0.29, 0.717) is 33.8 Å². The van der Waals surface area contributed by atoms with Crippen molar-refractivity contribution in [2.75, 3.05) is 10.6 Å². The maximum atomic E-state index is 11.3. The highest BCUT2D eigenvalue weighted by Gasteiger charge is 2.30. The van der Waals surface area contributed by atoms with Crippen molar-refractivity contribution in [2.24, 2.45) is 5.73 Å². The predicted octanol–water partition coefficient (Wildman–Crippen LogP) is 3.60. The van der Waals surface area contributed by atoms with Crippen molar-refractivity contribution in [3.05, 3.63) is 99.6 Å². The Balaban J connectivity index is 1.90. The lowest BCUT2D eigenvalue weighted by Gasteiger charge is -2.18. The molecule has 0 fully saturated rings. The van der Waals surface area contributed by atoms with Crippen molar-refractivity contribution in [2.45, 2.75) is 6.23 Å². The van der Waals surface area contributed by atoms with Crippen LogP contribution in [-0.2, 0) is 0 Å². The molecule has 150 valence electrons. The summed E-state index contributed by atoms with van der Waals surface area (Å²) in [7, 11) is 0. The van der Waals surface area contributed by atoms with Crippen molar-refractivity contribution >= 4 is 34.2 Å². The molecule has 0 saturated carbocycles. The van der Waals surface area contributed by atoms with E-state index in [9.17, 15) is 15.2 Å². The normalized spacial score (nSPS) is 16.4. The highest BCUT2D eigenvalue weighted by Crippen LogP contribution is 2.41. The van der Waals surface area contributed by atoms with Gasteiger partial charge in [-0.25, -0.2) is 0 Å². The molecule has 0 radical (unpaired) electrons. The topological polar surface area (TPSA) is 137 Å². The summed E-state index contributed by atoms with van der Waals surface area (Å²) in [6.45, 7) is 0. The number of aliphatic hydroxyl groups is 1. The molecule has 6 N–H and O–H groups in total. The molecule has 30 heavy (non-hydrogen) atoms. The maximum Gasteiger partial charge on any atom is 0.270 e. The molecule has 1 aliphatic rings. The van der Waals surface area contributed by atoms with Crippen LogP contribution in [0.15, 0.2) is 72.8 Å². The number of amidine groups is 1. The van der Waals surface area contributed by atoms with Gasteiger partial charge in [0.1, 0.15) is 5.84 Å². The SMILES string of the molecule is N=C(N)c1cccc(N/C(=C2/c3cc([N+](=O)[O-])ccc3NC2O)c2ccccc2)c1. The minimum Gasteiger partial charge on any atom is -0.384 e. The average Bonchev–Trinajstić information content (AvgIpc) is 3.07. The Morgan fingerprint density at radius 3 is 2.50 bits per heavy atom. The van der Waals surface area contributed by atoms with Crippen molar-refractivity contribution < 1.29 is 10.0 Å². The summed E-state index contributed by atoms with van der Waals surface area (Å²) in [6.07, 6.45) is -1.05. The summed E-state index contributed by atoms with van der Waals surface area (Å²) in [5.41, 5.74) is 9.80. The van der Waals surface area contributed by atoms with Gasteiger partial charge in [-0.2, -0.15) is 0 Å². The Bertz CT molecular complexity index is 1170. The van der Waals surface area contributed by atoms with Crippen LogP contribution in [0.25, 0.3) is 11.3 Å². The van der Waals surface area contributed by atoms with Gasteiger partial charge in [0.15, 0.2) is 6.23 Å². The number of non-ortho nitro benzene ring substituents is 1. The molecular formula is C22H19N5O3. The zero-order valence-corrected chi connectivity index (χ0v) is 15.8. The van der Waals surface area contributed by atoms with E-state index in [-0.39, 0.29) is 11.5 Å². The highest BCUT2D eigenvalue weighted by atomic mass is 16.6. The van der Waals surface area contributed by atoms with Crippen LogP contribution < -0.4 is 16.4 Å². The molecule has 0 amide bonds. The third-order valence-corrected chi connectivity index (χ3v) is 4.84. The van der Waals surface area contributed by atoms with Crippen LogP contribution in [-0.4, -0.2) is 22.1 Å². The number of nitro benzene ring substituents is 1. The van der Waals surface area contributed by atoms with Gasteiger partial charge in [0.2, 0.25) is 0 Å². The molecule has 1 unspecified atom stereocenters. The van der Waals surface area contributed by atoms with E-state index in [0.717, 1.165) is 5.56 Å². The minimum absolute atomic E-state index is 0.0592. The fraction of sp³-hybridized carbons (Fsp3) is 0.0455. The molecule has 1 heterocycles. The van der Waals surface area contributed by atoms with Gasteiger partial charge < -0.3 is 21.5 Å². The van der Waals surface area contributed by atoms with Crippen LogP contribution >= 0.6 is 0 Å². The Labute approximate surface area is 172 Å². The summed E-state index contributed by atoms with van der Waals surface area (Å²) in [4.78, 5) is 10.8. The van der Waals surface area contributed by atoms with Crippen molar-refractivity contribution in [3.8, 4) is 0 Å². The summed E-state index contributed by atoms with van der Waals surface area (Å²) in [5, 5.41) is 36.0. The van der Waals surface area contributed by atoms with Gasteiger partial charge in [0.25, 0.3) is 5.69 Å². The van der Waals surface area contributed by atoms with Crippen LogP contribution in [0.4, 0.5) is 17.1 Å². The van der Waals surface area contributed by atoms with Crippen LogP contribution in [0, 0.1) is 15.5 Å². The molecule has 8 nitrogen and oxygen atoms in total. The predicted molar refractivity (Wildman–Crippen MR) is 117 cm³/mol. The minimum atomic E-state index is -1.05. The number of fused-ring (bicyclic) bond motifs is 1. The maximum absolute atomic E-state index is 11.3. The van der Waals surface area contributed by atoms with E-state index >= 15 is 0 Å². The fourth-order valence-corrected chi connectivity index (χ4v) is 3.44. The van der Waals surface area contributed by atoms with Gasteiger partial charge in [-0.05, 0) is 23.8 Å². The molecule has 1 atom stereocenters. The summed E-state index contributed by atoms with van der Waals surface area (Å²) >= 11 is 0. The Kier molecular flexibility index (Phi) is 4.91. The number of nitrogen functional groups attached to an aromatic ring is 1. The first-order valence-electron chi connectivity index (χ1n) is 9.18. The Hall–Kier alpha value is -4.17. The average molecular weight is 401 g/mol.